The summed E-state index contributed by atoms with van der Waals surface area (Å²) < 4.78 is 27.4. The van der Waals surface area contributed by atoms with Gasteiger partial charge < -0.3 is 0 Å². The quantitative estimate of drug-likeness (QED) is 0.763. The van der Waals surface area contributed by atoms with Crippen molar-refractivity contribution in [2.75, 3.05) is 11.7 Å². The van der Waals surface area contributed by atoms with Gasteiger partial charge in [-0.25, -0.2) is 23.8 Å². The molecule has 18 heavy (non-hydrogen) atoms. The Hall–Kier alpha value is -2.24. The molecule has 92 valence electrons. The fraction of sp³-hybridized carbons (Fsp3) is 0.167. The van der Waals surface area contributed by atoms with Crippen LogP contribution >= 0.6 is 0 Å². The maximum Gasteiger partial charge on any atom is 0.246 e. The van der Waals surface area contributed by atoms with Crippen molar-refractivity contribution in [3.05, 3.63) is 42.1 Å². The molecule has 0 fully saturated rings. The van der Waals surface area contributed by atoms with Gasteiger partial charge in [-0.15, -0.1) is 0 Å². The van der Waals surface area contributed by atoms with Crippen molar-refractivity contribution in [1.29, 1.82) is 0 Å². The average molecular weight is 248 g/mol. The van der Waals surface area contributed by atoms with E-state index < -0.39 is 11.6 Å². The molecular weight excluding hydrogens is 238 g/mol. The van der Waals surface area contributed by atoms with Crippen LogP contribution in [0.2, 0.25) is 0 Å². The highest BCUT2D eigenvalue weighted by molar-refractivity contribution is 6.05. The maximum absolute atomic E-state index is 13.7. The molecule has 2 aliphatic rings. The number of nitrogens with zero attached hydrogens (tertiary/aromatic N) is 4. The lowest BCUT2D eigenvalue weighted by atomic mass is 10.3. The number of benzene rings is 1. The van der Waals surface area contributed by atoms with Crippen LogP contribution in [0.3, 0.4) is 0 Å². The summed E-state index contributed by atoms with van der Waals surface area (Å²) in [6.45, 7) is 1.98. The predicted molar refractivity (Wildman–Crippen MR) is 65.2 cm³/mol. The third-order valence-electron chi connectivity index (χ3n) is 2.74. The molecular formula is C12H10F2N4. The van der Waals surface area contributed by atoms with Crippen LogP contribution in [0.25, 0.3) is 0 Å². The minimum Gasteiger partial charge on any atom is -0.251 e. The van der Waals surface area contributed by atoms with Crippen LogP contribution in [-0.2, 0) is 0 Å². The third-order valence-corrected chi connectivity index (χ3v) is 2.74. The number of hydrazine groups is 1. The molecule has 0 N–H and O–H groups in total. The van der Waals surface area contributed by atoms with E-state index in [-0.39, 0.29) is 12.4 Å². The van der Waals surface area contributed by atoms with Gasteiger partial charge in [-0.3, -0.25) is 5.01 Å². The zero-order valence-corrected chi connectivity index (χ0v) is 9.64. The van der Waals surface area contributed by atoms with E-state index in [0.29, 0.717) is 5.96 Å². The lowest BCUT2D eigenvalue weighted by molar-refractivity contribution is 0.495. The third kappa shape index (κ3) is 1.57. The van der Waals surface area contributed by atoms with E-state index in [0.717, 1.165) is 5.71 Å². The minimum absolute atomic E-state index is 0.115. The fourth-order valence-electron chi connectivity index (χ4n) is 1.90. The standard InChI is InChI=1S/C12H10F2N4/c1-8-5-6-17-12(16-8)15-7-18(17)11-9(13)3-2-4-10(11)14/h2-6H,7H2,1H3. The van der Waals surface area contributed by atoms with Crippen molar-refractivity contribution in [1.82, 2.24) is 5.01 Å². The summed E-state index contributed by atoms with van der Waals surface area (Å²) in [5, 5.41) is 2.95. The molecule has 2 aliphatic heterocycles. The molecule has 3 rings (SSSR count). The monoisotopic (exact) mass is 248 g/mol. The van der Waals surface area contributed by atoms with Crippen molar-refractivity contribution in [3.63, 3.8) is 0 Å². The van der Waals surface area contributed by atoms with Crippen LogP contribution in [0.5, 0.6) is 0 Å². The van der Waals surface area contributed by atoms with Crippen LogP contribution < -0.4 is 5.01 Å². The van der Waals surface area contributed by atoms with Gasteiger partial charge in [-0.2, -0.15) is 0 Å². The molecule has 1 aromatic carbocycles. The van der Waals surface area contributed by atoms with Gasteiger partial charge in [0, 0.05) is 11.9 Å². The van der Waals surface area contributed by atoms with Crippen LogP contribution in [-0.4, -0.2) is 23.3 Å². The van der Waals surface area contributed by atoms with Crippen LogP contribution in [0, 0.1) is 11.6 Å². The van der Waals surface area contributed by atoms with E-state index in [4.69, 9.17) is 0 Å². The molecule has 0 amide bonds. The van der Waals surface area contributed by atoms with Gasteiger partial charge >= 0.3 is 0 Å². The summed E-state index contributed by atoms with van der Waals surface area (Å²) in [4.78, 5) is 8.34. The summed E-state index contributed by atoms with van der Waals surface area (Å²) in [5.41, 5.74) is 0.691. The van der Waals surface area contributed by atoms with E-state index in [1.54, 1.807) is 12.3 Å². The first kappa shape index (κ1) is 10.9. The largest absolute Gasteiger partial charge is 0.251 e. The van der Waals surface area contributed by atoms with E-state index in [1.165, 1.54) is 28.2 Å². The molecule has 0 aliphatic carbocycles. The average Bonchev–Trinajstić information content (AvgIpc) is 2.72. The topological polar surface area (TPSA) is 31.2 Å². The number of para-hydroxylation sites is 1. The van der Waals surface area contributed by atoms with Crippen molar-refractivity contribution >= 4 is 17.4 Å². The second kappa shape index (κ2) is 3.90. The molecule has 0 saturated carbocycles. The summed E-state index contributed by atoms with van der Waals surface area (Å²) in [6, 6.07) is 3.78. The lowest BCUT2D eigenvalue weighted by Crippen LogP contribution is -2.39. The number of anilines is 1. The van der Waals surface area contributed by atoms with E-state index in [1.807, 2.05) is 6.92 Å². The van der Waals surface area contributed by atoms with Gasteiger partial charge in [0.1, 0.15) is 12.4 Å². The second-order valence-corrected chi connectivity index (χ2v) is 3.98. The number of fused-ring (bicyclic) bond motifs is 1. The van der Waals surface area contributed by atoms with Gasteiger partial charge in [0.05, 0.1) is 0 Å². The first-order valence-electron chi connectivity index (χ1n) is 5.45. The van der Waals surface area contributed by atoms with Crippen LogP contribution in [0.15, 0.2) is 40.5 Å². The van der Waals surface area contributed by atoms with E-state index in [9.17, 15) is 8.78 Å². The Morgan fingerprint density at radius 3 is 2.67 bits per heavy atom. The molecule has 0 unspecified atom stereocenters. The number of allylic oxidation sites excluding steroid dienone is 1. The first-order chi connectivity index (χ1) is 8.66. The van der Waals surface area contributed by atoms with Crippen molar-refractivity contribution < 1.29 is 8.78 Å². The Kier molecular flexibility index (Phi) is 2.36. The zero-order valence-electron chi connectivity index (χ0n) is 9.64. The van der Waals surface area contributed by atoms with Crippen molar-refractivity contribution in [3.8, 4) is 0 Å². The smallest absolute Gasteiger partial charge is 0.246 e. The van der Waals surface area contributed by atoms with Crippen molar-refractivity contribution in [2.45, 2.75) is 6.92 Å². The summed E-state index contributed by atoms with van der Waals surface area (Å²) in [5.74, 6) is -0.796. The molecule has 4 nitrogen and oxygen atoms in total. The molecule has 0 radical (unpaired) electrons. The van der Waals surface area contributed by atoms with Gasteiger partial charge in [0.2, 0.25) is 5.96 Å². The number of halogens is 2. The van der Waals surface area contributed by atoms with Gasteiger partial charge in [-0.1, -0.05) is 6.07 Å². The van der Waals surface area contributed by atoms with Gasteiger partial charge in [0.15, 0.2) is 11.6 Å². The minimum atomic E-state index is -0.619. The molecule has 0 saturated heterocycles. The van der Waals surface area contributed by atoms with Gasteiger partial charge in [-0.05, 0) is 25.1 Å². The Labute approximate surface area is 103 Å². The highest BCUT2D eigenvalue weighted by Crippen LogP contribution is 2.28. The molecule has 2 heterocycles. The highest BCUT2D eigenvalue weighted by atomic mass is 19.1. The molecule has 0 aromatic heterocycles. The van der Waals surface area contributed by atoms with Crippen molar-refractivity contribution in [2.24, 2.45) is 9.98 Å². The Balaban J connectivity index is 2.00. The number of aliphatic imine (C=N–C) groups is 2. The summed E-state index contributed by atoms with van der Waals surface area (Å²) in [6.07, 6.45) is 3.45. The lowest BCUT2D eigenvalue weighted by Gasteiger charge is -2.29. The number of rotatable bonds is 1. The zero-order chi connectivity index (χ0) is 12.7. The number of guanidine groups is 1. The normalized spacial score (nSPS) is 17.7. The SMILES string of the molecule is CC1=NC2=NCN(c3c(F)cccc3F)N2C=C1. The molecule has 0 atom stereocenters. The van der Waals surface area contributed by atoms with Gasteiger partial charge in [0.25, 0.3) is 0 Å². The maximum atomic E-state index is 13.7. The van der Waals surface area contributed by atoms with E-state index in [2.05, 4.69) is 9.98 Å². The second-order valence-electron chi connectivity index (χ2n) is 3.98. The Morgan fingerprint density at radius 1 is 1.22 bits per heavy atom. The summed E-state index contributed by atoms with van der Waals surface area (Å²) >= 11 is 0. The molecule has 0 bridgehead atoms. The number of hydrogen-bond acceptors (Lipinski definition) is 4. The number of hydrogen-bond donors (Lipinski definition) is 0. The Bertz CT molecular complexity index is 571. The molecule has 0 spiro atoms. The highest BCUT2D eigenvalue weighted by Gasteiger charge is 2.29. The fourth-order valence-corrected chi connectivity index (χ4v) is 1.90. The Morgan fingerprint density at radius 2 is 1.94 bits per heavy atom. The predicted octanol–water partition coefficient (Wildman–Crippen LogP) is 2.30. The summed E-state index contributed by atoms with van der Waals surface area (Å²) in [7, 11) is 0. The van der Waals surface area contributed by atoms with Crippen LogP contribution in [0.1, 0.15) is 6.92 Å². The van der Waals surface area contributed by atoms with Crippen LogP contribution in [0.4, 0.5) is 14.5 Å². The van der Waals surface area contributed by atoms with E-state index >= 15 is 0 Å². The molecule has 6 heteroatoms. The first-order valence-corrected chi connectivity index (χ1v) is 5.45. The molecule has 1 aromatic rings.